The van der Waals surface area contributed by atoms with Crippen LogP contribution in [0.5, 0.6) is 0 Å². The van der Waals surface area contributed by atoms with Crippen molar-refractivity contribution in [3.8, 4) is 0 Å². The highest BCUT2D eigenvalue weighted by molar-refractivity contribution is 5.97. The van der Waals surface area contributed by atoms with Crippen LogP contribution in [0.4, 0.5) is 23.0 Å². The molecule has 0 fully saturated rings. The molecule has 0 radical (unpaired) electrons. The summed E-state index contributed by atoms with van der Waals surface area (Å²) in [6.07, 6.45) is 0. The number of carbonyl (C=O) groups excluding carboxylic acids is 1. The fourth-order valence-corrected chi connectivity index (χ4v) is 1.35. The minimum Gasteiger partial charge on any atom is -0.386 e. The quantitative estimate of drug-likeness (QED) is 0.616. The van der Waals surface area contributed by atoms with Gasteiger partial charge in [0.2, 0.25) is 5.91 Å². The van der Waals surface area contributed by atoms with Gasteiger partial charge in [0.25, 0.3) is 0 Å². The van der Waals surface area contributed by atoms with Crippen molar-refractivity contribution >= 4 is 28.9 Å². The maximum Gasteiger partial charge on any atom is 0.221 e. The molecule has 1 aromatic rings. The molecule has 0 spiro atoms. The zero-order valence-corrected chi connectivity index (χ0v) is 9.93. The first-order valence-corrected chi connectivity index (χ1v) is 4.98. The van der Waals surface area contributed by atoms with Crippen LogP contribution in [0, 0.1) is 0 Å². The lowest BCUT2D eigenvalue weighted by molar-refractivity contribution is -0.114. The molecule has 0 aliphatic rings. The molecular formula is C10H17N5O. The van der Waals surface area contributed by atoms with Gasteiger partial charge in [0.1, 0.15) is 11.5 Å². The normalized spacial score (nSPS) is 9.50. The molecule has 88 valence electrons. The molecule has 0 bridgehead atoms. The number of nitrogens with one attached hydrogen (secondary N) is 4. The minimum absolute atomic E-state index is 0.132. The second kappa shape index (κ2) is 5.20. The van der Waals surface area contributed by atoms with Crippen molar-refractivity contribution in [2.24, 2.45) is 0 Å². The van der Waals surface area contributed by atoms with Crippen molar-refractivity contribution in [3.05, 3.63) is 6.07 Å². The second-order valence-corrected chi connectivity index (χ2v) is 3.21. The van der Waals surface area contributed by atoms with E-state index >= 15 is 0 Å². The van der Waals surface area contributed by atoms with Gasteiger partial charge in [-0.3, -0.25) is 4.79 Å². The summed E-state index contributed by atoms with van der Waals surface area (Å²) in [5, 5.41) is 11.7. The summed E-state index contributed by atoms with van der Waals surface area (Å²) in [6.45, 7) is 1.46. The standard InChI is InChI=1S/C10H17N5O/c1-6(16)14-9-7(11-2)5-8(12-3)15-10(9)13-4/h5H,1-4H3,(H,14,16)(H3,11,12,13,15). The van der Waals surface area contributed by atoms with E-state index in [9.17, 15) is 4.79 Å². The topological polar surface area (TPSA) is 78.1 Å². The van der Waals surface area contributed by atoms with Crippen LogP contribution in [0.1, 0.15) is 6.92 Å². The molecule has 1 amide bonds. The molecule has 0 aliphatic heterocycles. The van der Waals surface area contributed by atoms with Crippen LogP contribution < -0.4 is 21.3 Å². The molecule has 0 saturated heterocycles. The van der Waals surface area contributed by atoms with E-state index < -0.39 is 0 Å². The Kier molecular flexibility index (Phi) is 3.93. The number of carbonyl (C=O) groups is 1. The molecule has 6 heteroatoms. The highest BCUT2D eigenvalue weighted by atomic mass is 16.1. The van der Waals surface area contributed by atoms with Crippen LogP contribution >= 0.6 is 0 Å². The van der Waals surface area contributed by atoms with Gasteiger partial charge in [-0.2, -0.15) is 0 Å². The lowest BCUT2D eigenvalue weighted by Gasteiger charge is -2.15. The first kappa shape index (κ1) is 12.1. The van der Waals surface area contributed by atoms with Crippen LogP contribution in [0.25, 0.3) is 0 Å². The highest BCUT2D eigenvalue weighted by Crippen LogP contribution is 2.31. The van der Waals surface area contributed by atoms with Crippen molar-refractivity contribution in [3.63, 3.8) is 0 Å². The van der Waals surface area contributed by atoms with E-state index in [1.54, 1.807) is 21.1 Å². The molecule has 1 aromatic heterocycles. The van der Waals surface area contributed by atoms with Gasteiger partial charge in [0, 0.05) is 34.1 Å². The van der Waals surface area contributed by atoms with Crippen molar-refractivity contribution in [1.82, 2.24) is 4.98 Å². The number of pyridine rings is 1. The largest absolute Gasteiger partial charge is 0.386 e. The number of rotatable bonds is 4. The average Bonchev–Trinajstić information content (AvgIpc) is 2.28. The minimum atomic E-state index is -0.132. The molecule has 1 rings (SSSR count). The smallest absolute Gasteiger partial charge is 0.221 e. The Morgan fingerprint density at radius 3 is 2.31 bits per heavy atom. The number of nitrogens with zero attached hydrogens (tertiary/aromatic N) is 1. The monoisotopic (exact) mass is 223 g/mol. The van der Waals surface area contributed by atoms with E-state index in [0.29, 0.717) is 11.5 Å². The van der Waals surface area contributed by atoms with Gasteiger partial charge in [-0.1, -0.05) is 0 Å². The third-order valence-corrected chi connectivity index (χ3v) is 2.08. The second-order valence-electron chi connectivity index (χ2n) is 3.21. The van der Waals surface area contributed by atoms with E-state index in [4.69, 9.17) is 0 Å². The van der Waals surface area contributed by atoms with E-state index in [2.05, 4.69) is 26.3 Å². The van der Waals surface area contributed by atoms with Gasteiger partial charge in [-0.25, -0.2) is 4.98 Å². The molecule has 0 aliphatic carbocycles. The van der Waals surface area contributed by atoms with Gasteiger partial charge < -0.3 is 21.3 Å². The lowest BCUT2D eigenvalue weighted by atomic mass is 10.3. The van der Waals surface area contributed by atoms with Crippen molar-refractivity contribution in [2.45, 2.75) is 6.92 Å². The summed E-state index contributed by atoms with van der Waals surface area (Å²) in [5.41, 5.74) is 1.45. The molecule has 0 aromatic carbocycles. The predicted molar refractivity (Wildman–Crippen MR) is 67.2 cm³/mol. The highest BCUT2D eigenvalue weighted by Gasteiger charge is 2.11. The van der Waals surface area contributed by atoms with E-state index in [1.165, 1.54) is 6.92 Å². The molecule has 0 atom stereocenters. The first-order chi connectivity index (χ1) is 7.62. The third kappa shape index (κ3) is 2.53. The fraction of sp³-hybridized carbons (Fsp3) is 0.400. The number of anilines is 4. The summed E-state index contributed by atoms with van der Waals surface area (Å²) in [5.74, 6) is 1.21. The number of amides is 1. The predicted octanol–water partition coefficient (Wildman–Crippen LogP) is 1.17. The number of aromatic nitrogens is 1. The number of hydrogen-bond donors (Lipinski definition) is 4. The maximum atomic E-state index is 11.1. The SMILES string of the molecule is CNc1cc(NC)c(NC(C)=O)c(NC)n1. The van der Waals surface area contributed by atoms with Crippen molar-refractivity contribution < 1.29 is 4.79 Å². The Hall–Kier alpha value is -1.98. The lowest BCUT2D eigenvalue weighted by Crippen LogP contribution is -2.12. The summed E-state index contributed by atoms with van der Waals surface area (Å²) >= 11 is 0. The zero-order valence-electron chi connectivity index (χ0n) is 9.93. The van der Waals surface area contributed by atoms with Gasteiger partial charge in [-0.15, -0.1) is 0 Å². The van der Waals surface area contributed by atoms with E-state index in [0.717, 1.165) is 11.5 Å². The Morgan fingerprint density at radius 2 is 1.88 bits per heavy atom. The molecule has 1 heterocycles. The summed E-state index contributed by atoms with van der Waals surface area (Å²) < 4.78 is 0. The van der Waals surface area contributed by atoms with Crippen LogP contribution in [-0.4, -0.2) is 32.0 Å². The molecule has 0 unspecified atom stereocenters. The number of hydrogen-bond acceptors (Lipinski definition) is 5. The zero-order chi connectivity index (χ0) is 12.1. The molecular weight excluding hydrogens is 206 g/mol. The Bertz CT molecular complexity index is 366. The van der Waals surface area contributed by atoms with Gasteiger partial charge >= 0.3 is 0 Å². The van der Waals surface area contributed by atoms with Crippen LogP contribution in [0.3, 0.4) is 0 Å². The summed E-state index contributed by atoms with van der Waals surface area (Å²) in [4.78, 5) is 15.4. The van der Waals surface area contributed by atoms with Crippen LogP contribution in [0.2, 0.25) is 0 Å². The average molecular weight is 223 g/mol. The third-order valence-electron chi connectivity index (χ3n) is 2.08. The van der Waals surface area contributed by atoms with Gasteiger partial charge in [0.15, 0.2) is 5.82 Å². The van der Waals surface area contributed by atoms with E-state index in [1.807, 2.05) is 6.07 Å². The Morgan fingerprint density at radius 1 is 1.19 bits per heavy atom. The van der Waals surface area contributed by atoms with E-state index in [-0.39, 0.29) is 5.91 Å². The van der Waals surface area contributed by atoms with Crippen molar-refractivity contribution in [1.29, 1.82) is 0 Å². The molecule has 6 nitrogen and oxygen atoms in total. The van der Waals surface area contributed by atoms with Gasteiger partial charge in [0.05, 0.1) is 5.69 Å². The fourth-order valence-electron chi connectivity index (χ4n) is 1.35. The maximum absolute atomic E-state index is 11.1. The molecule has 16 heavy (non-hydrogen) atoms. The van der Waals surface area contributed by atoms with Gasteiger partial charge in [-0.05, 0) is 0 Å². The van der Waals surface area contributed by atoms with Crippen LogP contribution in [0.15, 0.2) is 6.07 Å². The Balaban J connectivity index is 3.25. The Labute approximate surface area is 94.8 Å². The molecule has 0 saturated carbocycles. The molecule has 4 N–H and O–H groups in total. The summed E-state index contributed by atoms with van der Waals surface area (Å²) in [6, 6.07) is 1.83. The first-order valence-electron chi connectivity index (χ1n) is 4.98. The summed E-state index contributed by atoms with van der Waals surface area (Å²) in [7, 11) is 5.34. The van der Waals surface area contributed by atoms with Crippen LogP contribution in [-0.2, 0) is 4.79 Å². The van der Waals surface area contributed by atoms with Crippen molar-refractivity contribution in [2.75, 3.05) is 42.4 Å².